The number of hydrogen-bond donors (Lipinski definition) is 0. The number of rotatable bonds is 2. The molecule has 64 valence electrons. The van der Waals surface area contributed by atoms with E-state index in [1.165, 1.54) is 7.11 Å². The largest absolute Gasteiger partial charge is 5.00 e. The second kappa shape index (κ2) is 44.9. The molecule has 0 atom stereocenters. The molecular formula is C3H7Cl4NbO2. The fourth-order valence-corrected chi connectivity index (χ4v) is 0.0833. The van der Waals surface area contributed by atoms with Crippen molar-refractivity contribution in [2.45, 2.75) is 0 Å². The van der Waals surface area contributed by atoms with Crippen molar-refractivity contribution >= 4 is 0 Å². The monoisotopic (exact) mass is 308 g/mol. The Morgan fingerprint density at radius 1 is 1.10 bits per heavy atom. The minimum atomic E-state index is -0.128. The summed E-state index contributed by atoms with van der Waals surface area (Å²) in [6, 6.07) is 0. The van der Waals surface area contributed by atoms with Crippen LogP contribution in [0.2, 0.25) is 0 Å². The van der Waals surface area contributed by atoms with Crippen molar-refractivity contribution in [3.8, 4) is 0 Å². The molecule has 0 N–H and O–H groups in total. The predicted octanol–water partition coefficient (Wildman–Crippen LogP) is -13.0. The standard InChI is InChI=1S/C3H7O2.4ClH.Nb/c1-5-3-2-4;;;;;/h2-3H2,1H3;4*1H;/q-1;;;;;+5/p-4. The fourth-order valence-electron chi connectivity index (χ4n) is 0.0833. The third-order valence-electron chi connectivity index (χ3n) is 0.287. The molecular weight excluding hydrogens is 303 g/mol. The summed E-state index contributed by atoms with van der Waals surface area (Å²) in [4.78, 5) is 0. The molecule has 0 heterocycles. The molecule has 0 aromatic heterocycles. The van der Waals surface area contributed by atoms with Crippen LogP contribution in [0, 0.1) is 0 Å². The molecule has 0 aromatic rings. The first-order valence-corrected chi connectivity index (χ1v) is 1.49. The summed E-state index contributed by atoms with van der Waals surface area (Å²) >= 11 is 0. The van der Waals surface area contributed by atoms with E-state index in [4.69, 9.17) is 0 Å². The van der Waals surface area contributed by atoms with Crippen LogP contribution in [0.15, 0.2) is 0 Å². The molecule has 0 unspecified atom stereocenters. The van der Waals surface area contributed by atoms with Crippen LogP contribution in [-0.4, -0.2) is 20.3 Å². The molecule has 10 heavy (non-hydrogen) atoms. The zero-order valence-corrected chi connectivity index (χ0v) is 10.4. The Morgan fingerprint density at radius 2 is 1.40 bits per heavy atom. The molecule has 0 saturated carbocycles. The quantitative estimate of drug-likeness (QED) is 0.475. The molecule has 0 aliphatic carbocycles. The molecule has 0 fully saturated rings. The van der Waals surface area contributed by atoms with Gasteiger partial charge in [0.1, 0.15) is 0 Å². The van der Waals surface area contributed by atoms with E-state index in [9.17, 15) is 5.11 Å². The molecule has 7 heteroatoms. The number of methoxy groups -OCH3 is 1. The van der Waals surface area contributed by atoms with E-state index in [1.54, 1.807) is 0 Å². The molecule has 0 spiro atoms. The minimum absolute atomic E-state index is 0. The summed E-state index contributed by atoms with van der Waals surface area (Å²) in [5.74, 6) is 0. The SMILES string of the molecule is COCC[O-].[Cl-].[Cl-].[Cl-].[Cl-].[Nb+5]. The van der Waals surface area contributed by atoms with Crippen molar-refractivity contribution in [2.75, 3.05) is 20.3 Å². The van der Waals surface area contributed by atoms with Crippen molar-refractivity contribution in [3.63, 3.8) is 0 Å². The van der Waals surface area contributed by atoms with E-state index in [-0.39, 0.29) is 78.6 Å². The third kappa shape index (κ3) is 52.3. The van der Waals surface area contributed by atoms with E-state index in [2.05, 4.69) is 4.74 Å². The smallest absolute Gasteiger partial charge is 1.00 e. The van der Waals surface area contributed by atoms with Gasteiger partial charge in [0, 0.05) is 13.7 Å². The maximum atomic E-state index is 9.40. The van der Waals surface area contributed by atoms with Crippen LogP contribution in [-0.2, 0) is 27.1 Å². The molecule has 0 radical (unpaired) electrons. The Hall–Kier alpha value is 1.82. The average molecular weight is 310 g/mol. The maximum Gasteiger partial charge on any atom is 5.00 e. The van der Waals surface area contributed by atoms with Crippen LogP contribution >= 0.6 is 0 Å². The maximum absolute atomic E-state index is 9.40. The molecule has 0 rings (SSSR count). The van der Waals surface area contributed by atoms with Crippen molar-refractivity contribution in [1.29, 1.82) is 0 Å². The van der Waals surface area contributed by atoms with Gasteiger partial charge in [-0.25, -0.2) is 0 Å². The Balaban J connectivity index is -0.00000000800. The molecule has 0 amide bonds. The van der Waals surface area contributed by atoms with Crippen LogP contribution in [0.25, 0.3) is 0 Å². The molecule has 0 saturated heterocycles. The van der Waals surface area contributed by atoms with Crippen molar-refractivity contribution < 1.29 is 81.9 Å². The first-order chi connectivity index (χ1) is 2.41. The molecule has 2 nitrogen and oxygen atoms in total. The second-order valence-electron chi connectivity index (χ2n) is 0.697. The topological polar surface area (TPSA) is 32.3 Å². The molecule has 0 aromatic carbocycles. The first kappa shape index (κ1) is 40.9. The van der Waals surface area contributed by atoms with Crippen LogP contribution < -0.4 is 54.7 Å². The Kier molecular flexibility index (Phi) is 183. The van der Waals surface area contributed by atoms with Gasteiger partial charge in [0.05, 0.1) is 0 Å². The van der Waals surface area contributed by atoms with Crippen LogP contribution in [0.1, 0.15) is 0 Å². The fraction of sp³-hybridized carbons (Fsp3) is 1.00. The summed E-state index contributed by atoms with van der Waals surface area (Å²) in [5, 5.41) is 9.40. The molecule has 0 aliphatic heterocycles. The minimum Gasteiger partial charge on any atom is -1.00 e. The van der Waals surface area contributed by atoms with Gasteiger partial charge in [-0.15, -0.1) is 6.61 Å². The van der Waals surface area contributed by atoms with E-state index < -0.39 is 0 Å². The van der Waals surface area contributed by atoms with Gasteiger partial charge >= 0.3 is 22.4 Å². The number of hydrogen-bond acceptors (Lipinski definition) is 2. The first-order valence-electron chi connectivity index (χ1n) is 1.49. The Labute approximate surface area is 102 Å². The summed E-state index contributed by atoms with van der Waals surface area (Å²) < 4.78 is 4.38. The van der Waals surface area contributed by atoms with Gasteiger partial charge in [-0.05, 0) is 0 Å². The van der Waals surface area contributed by atoms with Gasteiger partial charge in [0.15, 0.2) is 0 Å². The summed E-state index contributed by atoms with van der Waals surface area (Å²) in [6.07, 6.45) is 0. The van der Waals surface area contributed by atoms with Gasteiger partial charge in [-0.3, -0.25) is 0 Å². The normalized spacial score (nSPS) is 4.20. The van der Waals surface area contributed by atoms with Gasteiger partial charge in [-0.1, -0.05) is 0 Å². The average Bonchev–Trinajstić information content (AvgIpc) is 1.41. The van der Waals surface area contributed by atoms with Gasteiger partial charge in [0.25, 0.3) is 0 Å². The third-order valence-corrected chi connectivity index (χ3v) is 0.287. The van der Waals surface area contributed by atoms with E-state index in [0.29, 0.717) is 6.61 Å². The Bertz CT molecular complexity index is 26.0. The zero-order chi connectivity index (χ0) is 4.12. The van der Waals surface area contributed by atoms with Crippen molar-refractivity contribution in [1.82, 2.24) is 0 Å². The predicted molar refractivity (Wildman–Crippen MR) is 16.7 cm³/mol. The van der Waals surface area contributed by atoms with Crippen molar-refractivity contribution in [3.05, 3.63) is 0 Å². The van der Waals surface area contributed by atoms with Crippen molar-refractivity contribution in [2.24, 2.45) is 0 Å². The number of halogens is 4. The summed E-state index contributed by atoms with van der Waals surface area (Å²) in [7, 11) is 1.51. The summed E-state index contributed by atoms with van der Waals surface area (Å²) in [5.41, 5.74) is 0. The van der Waals surface area contributed by atoms with Crippen LogP contribution in [0.4, 0.5) is 0 Å². The Morgan fingerprint density at radius 3 is 1.40 bits per heavy atom. The number of ether oxygens (including phenoxy) is 1. The molecule has 0 bridgehead atoms. The van der Waals surface area contributed by atoms with E-state index >= 15 is 0 Å². The van der Waals surface area contributed by atoms with E-state index in [0.717, 1.165) is 0 Å². The summed E-state index contributed by atoms with van der Waals surface area (Å²) in [6.45, 7) is 0.205. The van der Waals surface area contributed by atoms with Gasteiger partial charge in [0.2, 0.25) is 0 Å². The van der Waals surface area contributed by atoms with Gasteiger partial charge < -0.3 is 59.5 Å². The molecule has 0 aliphatic rings. The van der Waals surface area contributed by atoms with Crippen LogP contribution in [0.5, 0.6) is 0 Å². The van der Waals surface area contributed by atoms with E-state index in [1.807, 2.05) is 0 Å². The second-order valence-corrected chi connectivity index (χ2v) is 0.697. The zero-order valence-electron chi connectivity index (χ0n) is 5.19. The van der Waals surface area contributed by atoms with Crippen LogP contribution in [0.3, 0.4) is 0 Å². The van der Waals surface area contributed by atoms with Gasteiger partial charge in [-0.2, -0.15) is 0 Å².